The largest absolute Gasteiger partial charge is 0.514 e. The van der Waals surface area contributed by atoms with Crippen LogP contribution in [0.25, 0.3) is 0 Å². The lowest BCUT2D eigenvalue weighted by molar-refractivity contribution is -0.790. The second-order valence-corrected chi connectivity index (χ2v) is 15.7. The van der Waals surface area contributed by atoms with E-state index < -0.39 is 154 Å². The Bertz CT molecular complexity index is 1990. The zero-order chi connectivity index (χ0) is 42.7. The van der Waals surface area contributed by atoms with Crippen LogP contribution in [0.5, 0.6) is 17.2 Å². The predicted molar refractivity (Wildman–Crippen MR) is 183 cm³/mol. The number of nitrogens with zero attached hydrogens (tertiary/aromatic N) is 2. The molecule has 6 rings (SSSR count). The summed E-state index contributed by atoms with van der Waals surface area (Å²) in [6, 6.07) is 1.47. The topological polar surface area (TPSA) is 280 Å². The van der Waals surface area contributed by atoms with Gasteiger partial charge in [0.2, 0.25) is 11.5 Å². The number of aromatic hydroxyl groups is 2. The lowest BCUT2D eigenvalue weighted by Crippen LogP contribution is -2.71. The Kier molecular flexibility index (Phi) is 10.7. The van der Waals surface area contributed by atoms with E-state index in [9.17, 15) is 54.7 Å². The Balaban J connectivity index is 1.17. The zero-order valence-corrected chi connectivity index (χ0v) is 31.4. The van der Waals surface area contributed by atoms with Gasteiger partial charge in [-0.15, -0.1) is 20.2 Å². The van der Waals surface area contributed by atoms with E-state index in [-0.39, 0.29) is 18.4 Å². The highest BCUT2D eigenvalue weighted by atomic mass is 19.1. The number of carbonyl (C=O) groups excluding carboxylic acids is 4. The molecule has 1 aliphatic heterocycles. The summed E-state index contributed by atoms with van der Waals surface area (Å²) in [5.41, 5.74) is -8.13. The lowest BCUT2D eigenvalue weighted by Gasteiger charge is -2.63. The number of fused-ring (bicyclic) bond motifs is 7. The number of halogens is 2. The minimum absolute atomic E-state index is 0.00419. The number of hydrogen-bond acceptors (Lipinski definition) is 18. The van der Waals surface area contributed by atoms with E-state index in [0.717, 1.165) is 24.3 Å². The number of aliphatic hydroxyl groups excluding tert-OH is 1. The van der Waals surface area contributed by atoms with Crippen molar-refractivity contribution in [2.45, 2.75) is 94.9 Å². The minimum atomic E-state index is -2.46. The third kappa shape index (κ3) is 6.85. The summed E-state index contributed by atoms with van der Waals surface area (Å²) in [7, 11) is 0. The molecule has 3 N–H and O–H groups in total. The van der Waals surface area contributed by atoms with Crippen molar-refractivity contribution in [3.05, 3.63) is 61.7 Å². The summed E-state index contributed by atoms with van der Waals surface area (Å²) in [6.07, 6.45) is -5.48. The van der Waals surface area contributed by atoms with Crippen molar-refractivity contribution in [1.82, 2.24) is 0 Å². The van der Waals surface area contributed by atoms with Crippen molar-refractivity contribution >= 4 is 23.7 Å². The monoisotopic (exact) mass is 826 g/mol. The molecule has 3 saturated carbocycles. The number of hydrogen-bond donors (Lipinski definition) is 3. The molecule has 1 heterocycles. The van der Waals surface area contributed by atoms with E-state index >= 15 is 8.78 Å². The van der Waals surface area contributed by atoms with Gasteiger partial charge in [-0.05, 0) is 75.8 Å². The van der Waals surface area contributed by atoms with Gasteiger partial charge in [-0.25, -0.2) is 18.4 Å². The number of Topliss-reactive ketones (excluding diaryl/α,β-unsaturated/α-hetero) is 1. The highest BCUT2D eigenvalue weighted by Gasteiger charge is 2.80. The average molecular weight is 827 g/mol. The first-order chi connectivity index (χ1) is 27.0. The van der Waals surface area contributed by atoms with Crippen LogP contribution in [0.4, 0.5) is 13.6 Å². The number of aliphatic hydroxyl groups is 1. The molecule has 316 valence electrons. The molecule has 4 aliphatic carbocycles. The first kappa shape index (κ1) is 42.1. The SMILES string of the molecule is CC1(C)O[C@@H]2CC3C4C[C@H](F)C5=CC(=O)C=C[C@]5(C)[C@@]4(F)[C@@H](O)C[C@]3(C)[C@]2(C(=O)COC(=O)Oc2cc(C(=O)OCCC(CO[N+](=O)[O-])O[N+](=O)[O-])cc(O)c2O)O1. The number of esters is 1. The van der Waals surface area contributed by atoms with Crippen LogP contribution in [0, 0.1) is 42.9 Å². The fraction of sp³-hybridized carbons (Fsp3) is 0.611. The van der Waals surface area contributed by atoms with Crippen molar-refractivity contribution in [2.75, 3.05) is 19.8 Å². The van der Waals surface area contributed by atoms with E-state index in [2.05, 4.69) is 9.68 Å². The summed E-state index contributed by atoms with van der Waals surface area (Å²) in [5, 5.41) is 50.9. The number of phenolic OH excluding ortho intramolecular Hbond substituents is 2. The van der Waals surface area contributed by atoms with Crippen LogP contribution < -0.4 is 4.74 Å². The second-order valence-electron chi connectivity index (χ2n) is 15.7. The number of benzene rings is 1. The molecule has 3 unspecified atom stereocenters. The second kappa shape index (κ2) is 14.7. The van der Waals surface area contributed by atoms with Crippen molar-refractivity contribution in [1.29, 1.82) is 0 Å². The molecule has 1 aromatic rings. The van der Waals surface area contributed by atoms with E-state index in [0.29, 0.717) is 0 Å². The Morgan fingerprint density at radius 1 is 1.05 bits per heavy atom. The van der Waals surface area contributed by atoms with Gasteiger partial charge in [0.15, 0.2) is 40.9 Å². The van der Waals surface area contributed by atoms with Crippen molar-refractivity contribution in [3.8, 4) is 17.2 Å². The number of carbonyl (C=O) groups is 4. The first-order valence-corrected chi connectivity index (χ1v) is 18.0. The van der Waals surface area contributed by atoms with Crippen molar-refractivity contribution in [2.24, 2.45) is 22.7 Å². The summed E-state index contributed by atoms with van der Waals surface area (Å²) in [4.78, 5) is 81.5. The lowest BCUT2D eigenvalue weighted by atomic mass is 9.44. The minimum Gasteiger partial charge on any atom is -0.504 e. The molecule has 58 heavy (non-hydrogen) atoms. The van der Waals surface area contributed by atoms with E-state index in [1.807, 2.05) is 0 Å². The van der Waals surface area contributed by atoms with Crippen LogP contribution in [-0.2, 0) is 38.2 Å². The normalized spacial score (nSPS) is 34.6. The molecule has 4 fully saturated rings. The number of alkyl halides is 2. The maximum absolute atomic E-state index is 17.7. The van der Waals surface area contributed by atoms with Crippen LogP contribution in [0.15, 0.2) is 35.9 Å². The fourth-order valence-electron chi connectivity index (χ4n) is 9.74. The van der Waals surface area contributed by atoms with Gasteiger partial charge in [0.1, 0.15) is 18.9 Å². The van der Waals surface area contributed by atoms with Gasteiger partial charge < -0.3 is 48.7 Å². The van der Waals surface area contributed by atoms with Gasteiger partial charge in [-0.3, -0.25) is 9.59 Å². The average Bonchev–Trinajstić information content (AvgIpc) is 3.54. The molecular weight excluding hydrogens is 786 g/mol. The number of ether oxygens (including phenoxy) is 5. The van der Waals surface area contributed by atoms with Gasteiger partial charge in [-0.2, -0.15) is 0 Å². The van der Waals surface area contributed by atoms with E-state index in [1.54, 1.807) is 6.92 Å². The van der Waals surface area contributed by atoms with E-state index in [1.165, 1.54) is 26.8 Å². The first-order valence-electron chi connectivity index (χ1n) is 18.0. The molecule has 22 heteroatoms. The van der Waals surface area contributed by atoms with Crippen molar-refractivity contribution in [3.63, 3.8) is 0 Å². The quantitative estimate of drug-likeness (QED) is 0.0845. The zero-order valence-electron chi connectivity index (χ0n) is 31.4. The molecule has 1 aromatic carbocycles. The highest BCUT2D eigenvalue weighted by Crippen LogP contribution is 2.72. The van der Waals surface area contributed by atoms with Crippen molar-refractivity contribution < 1.29 is 86.8 Å². The maximum atomic E-state index is 17.7. The fourth-order valence-corrected chi connectivity index (χ4v) is 9.74. The number of ketones is 2. The van der Waals surface area contributed by atoms with Crippen LogP contribution in [0.2, 0.25) is 0 Å². The van der Waals surface area contributed by atoms with Gasteiger partial charge in [-0.1, -0.05) is 13.0 Å². The summed E-state index contributed by atoms with van der Waals surface area (Å²) in [5.74, 6) is -8.84. The maximum Gasteiger partial charge on any atom is 0.514 e. The molecule has 0 spiro atoms. The molecule has 20 nitrogen and oxygen atoms in total. The molecule has 0 amide bonds. The highest BCUT2D eigenvalue weighted by molar-refractivity contribution is 6.01. The Labute approximate surface area is 326 Å². The standard InChI is InChI=1S/C36H40F2N2O18/c1-32(2)56-28-13-20-21-12-23(37)22-11-18(41)5-7-33(22,3)35(21,38)26(43)14-34(20,4)36(28,58-32)27(44)16-53-31(47)55-25-10-17(9-24(42)29(25)45)30(46)52-8-6-19(57-40(50)51)15-54-39(48)49/h5,7,9-11,19-21,23,26,28,42-43,45H,6,8,12-16H2,1-4H3/t19?,20?,21?,23-,26-,28+,33-,34-,35-,36+/m0/s1. The van der Waals surface area contributed by atoms with Crippen LogP contribution in [-0.4, -0.2) is 111 Å². The Morgan fingerprint density at radius 2 is 1.76 bits per heavy atom. The van der Waals surface area contributed by atoms with Gasteiger partial charge in [0, 0.05) is 23.2 Å². The van der Waals surface area contributed by atoms with Crippen LogP contribution in [0.1, 0.15) is 63.7 Å². The van der Waals surface area contributed by atoms with Gasteiger partial charge in [0.05, 0.1) is 24.4 Å². The van der Waals surface area contributed by atoms with Gasteiger partial charge >= 0.3 is 12.1 Å². The van der Waals surface area contributed by atoms with Gasteiger partial charge in [0.25, 0.3) is 10.2 Å². The van der Waals surface area contributed by atoms with Crippen LogP contribution >= 0.6 is 0 Å². The molecular formula is C36H40F2N2O18. The molecule has 0 aromatic heterocycles. The third-order valence-corrected chi connectivity index (χ3v) is 12.1. The molecule has 1 saturated heterocycles. The summed E-state index contributed by atoms with van der Waals surface area (Å²) >= 11 is 0. The molecule has 10 atom stereocenters. The molecule has 0 bridgehead atoms. The Morgan fingerprint density at radius 3 is 2.43 bits per heavy atom. The number of rotatable bonds is 13. The number of allylic oxidation sites excluding steroid dienone is 4. The summed E-state index contributed by atoms with van der Waals surface area (Å²) < 4.78 is 61.2. The predicted octanol–water partition coefficient (Wildman–Crippen LogP) is 3.33. The summed E-state index contributed by atoms with van der Waals surface area (Å²) in [6.45, 7) is 3.56. The molecule has 5 aliphatic rings. The molecule has 0 radical (unpaired) electrons. The Hall–Kier alpha value is -5.48. The third-order valence-electron chi connectivity index (χ3n) is 12.1. The van der Waals surface area contributed by atoms with E-state index in [4.69, 9.17) is 23.7 Å². The smallest absolute Gasteiger partial charge is 0.504 e. The van der Waals surface area contributed by atoms with Crippen LogP contribution in [0.3, 0.4) is 0 Å². The number of phenols is 2.